The van der Waals surface area contributed by atoms with Crippen LogP contribution >= 0.6 is 12.2 Å². The van der Waals surface area contributed by atoms with Gasteiger partial charge in [-0.3, -0.25) is 9.59 Å². The molecule has 0 radical (unpaired) electrons. The first kappa shape index (κ1) is 12.4. The van der Waals surface area contributed by atoms with Crippen molar-refractivity contribution in [1.29, 1.82) is 0 Å². The average Bonchev–Trinajstić information content (AvgIpc) is 2.25. The van der Waals surface area contributed by atoms with E-state index in [0.29, 0.717) is 11.5 Å². The highest BCUT2D eigenvalue weighted by atomic mass is 32.1. The molecule has 0 saturated carbocycles. The number of H-pyrrole nitrogens is 1. The van der Waals surface area contributed by atoms with Crippen LogP contribution in [-0.2, 0) is 0 Å². The molecule has 1 aromatic heterocycles. The van der Waals surface area contributed by atoms with Gasteiger partial charge in [-0.2, -0.15) is 0 Å². The summed E-state index contributed by atoms with van der Waals surface area (Å²) in [5.74, 6) is -0.421. The minimum Gasteiger partial charge on any atom is -0.393 e. The third-order valence-corrected chi connectivity index (χ3v) is 2.47. The summed E-state index contributed by atoms with van der Waals surface area (Å²) in [6.45, 7) is 2.17. The van der Waals surface area contributed by atoms with E-state index in [4.69, 9.17) is 18.0 Å². The summed E-state index contributed by atoms with van der Waals surface area (Å²) in [7, 11) is 0. The number of aromatic amines is 1. The van der Waals surface area contributed by atoms with Crippen LogP contribution < -0.4 is 16.6 Å². The highest BCUT2D eigenvalue weighted by Gasteiger charge is 2.09. The van der Waals surface area contributed by atoms with Gasteiger partial charge in [0.2, 0.25) is 5.56 Å². The molecule has 4 N–H and O–H groups in total. The summed E-state index contributed by atoms with van der Waals surface area (Å²) in [4.78, 5) is 25.3. The third-order valence-electron chi connectivity index (χ3n) is 2.07. The second-order valence-corrected chi connectivity index (χ2v) is 3.91. The van der Waals surface area contributed by atoms with Crippen molar-refractivity contribution in [2.45, 2.75) is 6.92 Å². The van der Waals surface area contributed by atoms with Crippen LogP contribution in [0.4, 0.5) is 0 Å². The van der Waals surface area contributed by atoms with Crippen molar-refractivity contribution in [3.63, 3.8) is 0 Å². The predicted octanol–water partition coefficient (Wildman–Crippen LogP) is 0.0269. The molecule has 1 rings (SSSR count). The number of thiocarbonyl (C=S) groups is 1. The molecule has 1 unspecified atom stereocenters. The number of hydrogen-bond donors (Lipinski definition) is 3. The first-order valence-corrected chi connectivity index (χ1v) is 5.18. The predicted molar refractivity (Wildman–Crippen MR) is 65.3 cm³/mol. The number of rotatable bonds is 4. The van der Waals surface area contributed by atoms with Crippen molar-refractivity contribution >= 4 is 23.1 Å². The Hall–Kier alpha value is -1.69. The molecule has 86 valence electrons. The molecule has 0 saturated heterocycles. The molecule has 1 amide bonds. The van der Waals surface area contributed by atoms with Gasteiger partial charge in [-0.15, -0.1) is 0 Å². The van der Waals surface area contributed by atoms with Crippen LogP contribution in [0, 0.1) is 5.92 Å². The molecular weight excluding hydrogens is 226 g/mol. The van der Waals surface area contributed by atoms with Crippen LogP contribution in [-0.4, -0.2) is 22.4 Å². The Bertz CT molecular complexity index is 455. The lowest BCUT2D eigenvalue weighted by Gasteiger charge is -2.10. The second-order valence-electron chi connectivity index (χ2n) is 3.44. The quantitative estimate of drug-likeness (QED) is 0.647. The van der Waals surface area contributed by atoms with E-state index in [-0.39, 0.29) is 23.1 Å². The Morgan fingerprint density at radius 2 is 2.31 bits per heavy atom. The van der Waals surface area contributed by atoms with E-state index in [1.54, 1.807) is 0 Å². The highest BCUT2D eigenvalue weighted by molar-refractivity contribution is 7.80. The lowest BCUT2D eigenvalue weighted by Crippen LogP contribution is -2.34. The van der Waals surface area contributed by atoms with E-state index in [1.165, 1.54) is 18.2 Å². The normalized spacial score (nSPS) is 11.8. The van der Waals surface area contributed by atoms with Gasteiger partial charge in [0.15, 0.2) is 0 Å². The van der Waals surface area contributed by atoms with Gasteiger partial charge in [0.05, 0.1) is 4.99 Å². The number of nitrogens with one attached hydrogen (secondary N) is 2. The third kappa shape index (κ3) is 3.47. The first-order valence-electron chi connectivity index (χ1n) is 4.77. The lowest BCUT2D eigenvalue weighted by molar-refractivity contribution is 0.0946. The van der Waals surface area contributed by atoms with E-state index < -0.39 is 0 Å². The Balaban J connectivity index is 2.60. The number of carbonyl (C=O) groups excluding carboxylic acids is 1. The molecule has 1 aromatic rings. The van der Waals surface area contributed by atoms with Crippen LogP contribution in [0.25, 0.3) is 0 Å². The van der Waals surface area contributed by atoms with Gasteiger partial charge >= 0.3 is 0 Å². The van der Waals surface area contributed by atoms with Gasteiger partial charge in [-0.25, -0.2) is 0 Å². The average molecular weight is 239 g/mol. The Morgan fingerprint density at radius 3 is 2.88 bits per heavy atom. The molecule has 0 aliphatic rings. The Kier molecular flexibility index (Phi) is 4.19. The Morgan fingerprint density at radius 1 is 1.62 bits per heavy atom. The molecule has 16 heavy (non-hydrogen) atoms. The van der Waals surface area contributed by atoms with Crippen LogP contribution in [0.5, 0.6) is 0 Å². The fourth-order valence-corrected chi connectivity index (χ4v) is 1.11. The molecule has 0 aliphatic carbocycles. The summed E-state index contributed by atoms with van der Waals surface area (Å²) >= 11 is 4.78. The maximum atomic E-state index is 11.6. The zero-order chi connectivity index (χ0) is 12.1. The Labute approximate surface area is 98.0 Å². The molecule has 0 aliphatic heterocycles. The standard InChI is InChI=1S/C10H13N3O2S/c1-6(9(11)16)5-12-10(15)7-3-2-4-8(14)13-7/h2-4,6H,5H2,1H3,(H2,11,16)(H,12,15)(H,13,14). The van der Waals surface area contributed by atoms with Crippen LogP contribution in [0.3, 0.4) is 0 Å². The number of pyridine rings is 1. The molecule has 1 heterocycles. The van der Waals surface area contributed by atoms with Gasteiger partial charge in [0.25, 0.3) is 5.91 Å². The fourth-order valence-electron chi connectivity index (χ4n) is 1.02. The van der Waals surface area contributed by atoms with Gasteiger partial charge < -0.3 is 16.0 Å². The largest absolute Gasteiger partial charge is 0.393 e. The molecule has 0 bridgehead atoms. The zero-order valence-corrected chi connectivity index (χ0v) is 9.64. The molecule has 0 aromatic carbocycles. The van der Waals surface area contributed by atoms with Crippen LogP contribution in [0.15, 0.2) is 23.0 Å². The molecule has 6 heteroatoms. The summed E-state index contributed by atoms with van der Waals surface area (Å²) in [5, 5.41) is 2.63. The SMILES string of the molecule is CC(CNC(=O)c1cccc(=O)[nH]1)C(N)=S. The lowest BCUT2D eigenvalue weighted by atomic mass is 10.2. The van der Waals surface area contributed by atoms with E-state index in [2.05, 4.69) is 10.3 Å². The number of hydrogen-bond acceptors (Lipinski definition) is 3. The molecule has 1 atom stereocenters. The minimum absolute atomic E-state index is 0.0746. The van der Waals surface area contributed by atoms with Crippen molar-refractivity contribution in [2.75, 3.05) is 6.54 Å². The van der Waals surface area contributed by atoms with Crippen molar-refractivity contribution in [2.24, 2.45) is 11.7 Å². The van der Waals surface area contributed by atoms with Gasteiger partial charge in [0, 0.05) is 18.5 Å². The topological polar surface area (TPSA) is 88.0 Å². The zero-order valence-electron chi connectivity index (χ0n) is 8.82. The monoisotopic (exact) mass is 239 g/mol. The first-order chi connectivity index (χ1) is 7.50. The smallest absolute Gasteiger partial charge is 0.267 e. The van der Waals surface area contributed by atoms with Crippen LogP contribution in [0.2, 0.25) is 0 Å². The number of nitrogens with two attached hydrogens (primary N) is 1. The summed E-state index contributed by atoms with van der Waals surface area (Å²) in [5.41, 5.74) is 5.32. The summed E-state index contributed by atoms with van der Waals surface area (Å²) < 4.78 is 0. The fraction of sp³-hybridized carbons (Fsp3) is 0.300. The molecule has 5 nitrogen and oxygen atoms in total. The molecular formula is C10H13N3O2S. The van der Waals surface area contributed by atoms with Crippen molar-refractivity contribution in [3.05, 3.63) is 34.2 Å². The van der Waals surface area contributed by atoms with Gasteiger partial charge in [-0.05, 0) is 6.07 Å². The number of amides is 1. The number of aromatic nitrogens is 1. The van der Waals surface area contributed by atoms with Crippen molar-refractivity contribution in [1.82, 2.24) is 10.3 Å². The molecule has 0 spiro atoms. The summed E-state index contributed by atoms with van der Waals surface area (Å²) in [6.07, 6.45) is 0. The van der Waals surface area contributed by atoms with Crippen molar-refractivity contribution < 1.29 is 4.79 Å². The van der Waals surface area contributed by atoms with E-state index in [1.807, 2.05) is 6.92 Å². The highest BCUT2D eigenvalue weighted by Crippen LogP contribution is 1.94. The number of carbonyl (C=O) groups is 1. The molecule has 0 fully saturated rings. The maximum absolute atomic E-state index is 11.6. The van der Waals surface area contributed by atoms with Gasteiger partial charge in [-0.1, -0.05) is 25.2 Å². The van der Waals surface area contributed by atoms with E-state index in [0.717, 1.165) is 0 Å². The van der Waals surface area contributed by atoms with Gasteiger partial charge in [0.1, 0.15) is 5.69 Å². The minimum atomic E-state index is -0.346. The van der Waals surface area contributed by atoms with E-state index in [9.17, 15) is 9.59 Å². The second kappa shape index (κ2) is 5.41. The van der Waals surface area contributed by atoms with Crippen LogP contribution in [0.1, 0.15) is 17.4 Å². The van der Waals surface area contributed by atoms with Crippen molar-refractivity contribution in [3.8, 4) is 0 Å². The maximum Gasteiger partial charge on any atom is 0.267 e. The summed E-state index contributed by atoms with van der Waals surface area (Å²) in [6, 6.07) is 4.39. The van der Waals surface area contributed by atoms with E-state index >= 15 is 0 Å².